The normalized spacial score (nSPS) is 10.6. The largest absolute Gasteiger partial charge is 0.495 e. The van der Waals surface area contributed by atoms with Crippen molar-refractivity contribution in [3.63, 3.8) is 0 Å². The maximum absolute atomic E-state index is 13.1. The van der Waals surface area contributed by atoms with Gasteiger partial charge in [0.15, 0.2) is 0 Å². The SMILES string of the molecule is COc1ccccc1NC(=O)C(=O)Nn1c(C(=O)Nc2ccc(Br)cc2)cc2cc(Br)ccc21. The Morgan fingerprint density at radius 2 is 1.53 bits per heavy atom. The molecular weight excluding hydrogens is 568 g/mol. The molecule has 4 rings (SSSR count). The molecule has 10 heteroatoms. The lowest BCUT2D eigenvalue weighted by Crippen LogP contribution is -2.36. The zero-order valence-corrected chi connectivity index (χ0v) is 20.9. The van der Waals surface area contributed by atoms with E-state index in [1.807, 2.05) is 6.07 Å². The highest BCUT2D eigenvalue weighted by Gasteiger charge is 2.22. The molecule has 172 valence electrons. The quantitative estimate of drug-likeness (QED) is 0.282. The zero-order chi connectivity index (χ0) is 24.2. The fourth-order valence-corrected chi connectivity index (χ4v) is 3.92. The molecule has 0 aliphatic heterocycles. The molecule has 4 aromatic rings. The van der Waals surface area contributed by atoms with Crippen LogP contribution in [0.4, 0.5) is 11.4 Å². The summed E-state index contributed by atoms with van der Waals surface area (Å²) in [4.78, 5) is 38.4. The number of carbonyl (C=O) groups is 3. The lowest BCUT2D eigenvalue weighted by Gasteiger charge is -2.13. The number of anilines is 2. The Balaban J connectivity index is 1.62. The van der Waals surface area contributed by atoms with Gasteiger partial charge in [-0.1, -0.05) is 44.0 Å². The Morgan fingerprint density at radius 3 is 2.26 bits per heavy atom. The number of fused-ring (bicyclic) bond motifs is 1. The van der Waals surface area contributed by atoms with E-state index in [1.165, 1.54) is 11.8 Å². The lowest BCUT2D eigenvalue weighted by atomic mass is 10.2. The molecule has 0 aliphatic rings. The van der Waals surface area contributed by atoms with Crippen LogP contribution in [0.25, 0.3) is 10.9 Å². The lowest BCUT2D eigenvalue weighted by molar-refractivity contribution is -0.133. The second-order valence-corrected chi connectivity index (χ2v) is 8.96. The average Bonchev–Trinajstić information content (AvgIpc) is 3.18. The van der Waals surface area contributed by atoms with Crippen molar-refractivity contribution < 1.29 is 19.1 Å². The van der Waals surface area contributed by atoms with E-state index in [0.29, 0.717) is 28.0 Å². The molecule has 0 unspecified atom stereocenters. The van der Waals surface area contributed by atoms with Gasteiger partial charge in [-0.05, 0) is 60.7 Å². The van der Waals surface area contributed by atoms with Gasteiger partial charge in [-0.25, -0.2) is 4.68 Å². The molecule has 0 spiro atoms. The number of methoxy groups -OCH3 is 1. The predicted molar refractivity (Wildman–Crippen MR) is 138 cm³/mol. The van der Waals surface area contributed by atoms with Gasteiger partial charge >= 0.3 is 11.8 Å². The molecule has 3 aromatic carbocycles. The molecule has 0 aliphatic carbocycles. The summed E-state index contributed by atoms with van der Waals surface area (Å²) >= 11 is 6.77. The van der Waals surface area contributed by atoms with Crippen molar-refractivity contribution in [3.8, 4) is 5.75 Å². The molecule has 8 nitrogen and oxygen atoms in total. The highest BCUT2D eigenvalue weighted by Crippen LogP contribution is 2.25. The molecular formula is C24H18Br2N4O4. The molecule has 0 atom stereocenters. The summed E-state index contributed by atoms with van der Waals surface area (Å²) in [6.45, 7) is 0. The number of para-hydroxylation sites is 2. The summed E-state index contributed by atoms with van der Waals surface area (Å²) in [6.07, 6.45) is 0. The number of nitrogens with one attached hydrogen (secondary N) is 3. The summed E-state index contributed by atoms with van der Waals surface area (Å²) in [5.74, 6) is -1.92. The summed E-state index contributed by atoms with van der Waals surface area (Å²) in [6, 6.07) is 20.8. The highest BCUT2D eigenvalue weighted by atomic mass is 79.9. The van der Waals surface area contributed by atoms with Gasteiger partial charge in [0.2, 0.25) is 0 Å². The van der Waals surface area contributed by atoms with Gasteiger partial charge in [-0.15, -0.1) is 0 Å². The van der Waals surface area contributed by atoms with Gasteiger partial charge in [0.1, 0.15) is 11.4 Å². The van der Waals surface area contributed by atoms with Crippen LogP contribution in [0.15, 0.2) is 81.7 Å². The minimum Gasteiger partial charge on any atom is -0.495 e. The fourth-order valence-electron chi connectivity index (χ4n) is 3.28. The molecule has 3 N–H and O–H groups in total. The zero-order valence-electron chi connectivity index (χ0n) is 17.8. The third-order valence-electron chi connectivity index (χ3n) is 4.87. The maximum Gasteiger partial charge on any atom is 0.328 e. The van der Waals surface area contributed by atoms with Crippen LogP contribution in [0, 0.1) is 0 Å². The van der Waals surface area contributed by atoms with Crippen molar-refractivity contribution in [1.82, 2.24) is 4.68 Å². The van der Waals surface area contributed by atoms with Crippen LogP contribution in [0.5, 0.6) is 5.75 Å². The summed E-state index contributed by atoms with van der Waals surface area (Å²) in [5.41, 5.74) is 4.14. The van der Waals surface area contributed by atoms with E-state index in [1.54, 1.807) is 66.7 Å². The Morgan fingerprint density at radius 1 is 0.824 bits per heavy atom. The van der Waals surface area contributed by atoms with Crippen LogP contribution in [-0.2, 0) is 9.59 Å². The van der Waals surface area contributed by atoms with Gasteiger partial charge in [-0.3, -0.25) is 19.8 Å². The third-order valence-corrected chi connectivity index (χ3v) is 5.90. The van der Waals surface area contributed by atoms with Crippen LogP contribution >= 0.6 is 31.9 Å². The second-order valence-electron chi connectivity index (χ2n) is 7.12. The molecule has 1 heterocycles. The van der Waals surface area contributed by atoms with Crippen molar-refractivity contribution in [2.75, 3.05) is 23.2 Å². The molecule has 1 aromatic heterocycles. The van der Waals surface area contributed by atoms with Crippen LogP contribution in [-0.4, -0.2) is 29.5 Å². The number of amides is 3. The van der Waals surface area contributed by atoms with Crippen molar-refractivity contribution in [1.29, 1.82) is 0 Å². The highest BCUT2D eigenvalue weighted by molar-refractivity contribution is 9.10. The van der Waals surface area contributed by atoms with E-state index >= 15 is 0 Å². The number of nitrogens with zero attached hydrogens (tertiary/aromatic N) is 1. The summed E-state index contributed by atoms with van der Waals surface area (Å²) in [5, 5.41) is 6.02. The first-order valence-electron chi connectivity index (χ1n) is 9.99. The van der Waals surface area contributed by atoms with Gasteiger partial charge in [0.05, 0.1) is 18.3 Å². The first-order chi connectivity index (χ1) is 16.4. The van der Waals surface area contributed by atoms with Crippen molar-refractivity contribution >= 4 is 71.9 Å². The number of aromatic nitrogens is 1. The Kier molecular flexibility index (Phi) is 6.99. The first kappa shape index (κ1) is 23.5. The molecule has 34 heavy (non-hydrogen) atoms. The molecule has 3 amide bonds. The summed E-state index contributed by atoms with van der Waals surface area (Å²) in [7, 11) is 1.46. The molecule has 0 saturated carbocycles. The van der Waals surface area contributed by atoms with E-state index in [-0.39, 0.29) is 5.69 Å². The standard InChI is InChI=1S/C24H18Br2N4O4/c1-34-21-5-3-2-4-18(21)28-23(32)24(33)29-30-19-11-8-16(26)12-14(19)13-20(30)22(31)27-17-9-6-15(25)7-10-17/h2-13H,1H3,(H,27,31)(H,28,32)(H,29,33). The molecule has 0 radical (unpaired) electrons. The van der Waals surface area contributed by atoms with E-state index in [4.69, 9.17) is 4.74 Å². The van der Waals surface area contributed by atoms with Crippen molar-refractivity contribution in [3.05, 3.63) is 87.4 Å². The Bertz CT molecular complexity index is 1400. The van der Waals surface area contributed by atoms with E-state index in [0.717, 1.165) is 8.95 Å². The van der Waals surface area contributed by atoms with Gasteiger partial charge in [0, 0.05) is 20.0 Å². The number of hydrogen-bond donors (Lipinski definition) is 3. The summed E-state index contributed by atoms with van der Waals surface area (Å²) < 4.78 is 8.17. The third kappa shape index (κ3) is 5.13. The van der Waals surface area contributed by atoms with Gasteiger partial charge in [0.25, 0.3) is 5.91 Å². The van der Waals surface area contributed by atoms with Gasteiger partial charge in [-0.2, -0.15) is 0 Å². The minimum atomic E-state index is -0.955. The average molecular weight is 586 g/mol. The number of halogens is 2. The second kappa shape index (κ2) is 10.1. The number of carbonyl (C=O) groups excluding carboxylic acids is 3. The number of ether oxygens (including phenoxy) is 1. The molecule has 0 bridgehead atoms. The fraction of sp³-hybridized carbons (Fsp3) is 0.0417. The monoisotopic (exact) mass is 584 g/mol. The Labute approximate surface area is 211 Å². The molecule has 0 saturated heterocycles. The van der Waals surface area contributed by atoms with Crippen LogP contribution < -0.4 is 20.8 Å². The minimum absolute atomic E-state index is 0.148. The topological polar surface area (TPSA) is 101 Å². The Hall–Kier alpha value is -3.63. The predicted octanol–water partition coefficient (Wildman–Crippen LogP) is 5.14. The number of benzene rings is 3. The number of hydrogen-bond acceptors (Lipinski definition) is 4. The van der Waals surface area contributed by atoms with E-state index in [2.05, 4.69) is 47.9 Å². The van der Waals surface area contributed by atoms with E-state index in [9.17, 15) is 14.4 Å². The maximum atomic E-state index is 13.1. The van der Waals surface area contributed by atoms with Crippen LogP contribution in [0.3, 0.4) is 0 Å². The number of rotatable bonds is 5. The van der Waals surface area contributed by atoms with Crippen molar-refractivity contribution in [2.24, 2.45) is 0 Å². The van der Waals surface area contributed by atoms with Crippen molar-refractivity contribution in [2.45, 2.75) is 0 Å². The van der Waals surface area contributed by atoms with Gasteiger partial charge < -0.3 is 15.4 Å². The van der Waals surface area contributed by atoms with Crippen LogP contribution in [0.2, 0.25) is 0 Å². The molecule has 0 fully saturated rings. The first-order valence-corrected chi connectivity index (χ1v) is 11.6. The van der Waals surface area contributed by atoms with E-state index < -0.39 is 17.7 Å². The smallest absolute Gasteiger partial charge is 0.328 e. The van der Waals surface area contributed by atoms with Crippen LogP contribution in [0.1, 0.15) is 10.5 Å².